The molecule has 0 N–H and O–H groups in total. The summed E-state index contributed by atoms with van der Waals surface area (Å²) in [6, 6.07) is 0. The monoisotopic (exact) mass is 182 g/mol. The van der Waals surface area contributed by atoms with Crippen molar-refractivity contribution >= 4 is 6.29 Å². The van der Waals surface area contributed by atoms with Gasteiger partial charge in [0.1, 0.15) is 6.29 Å². The van der Waals surface area contributed by atoms with Crippen LogP contribution in [0.15, 0.2) is 0 Å². The van der Waals surface area contributed by atoms with E-state index in [9.17, 15) is 4.79 Å². The minimum absolute atomic E-state index is 0.116. The molecule has 4 bridgehead atoms. The lowest BCUT2D eigenvalue weighted by Gasteiger charge is -2.67. The Hall–Kier alpha value is -0.410. The Morgan fingerprint density at radius 2 is 2.15 bits per heavy atom. The topological polar surface area (TPSA) is 35.5 Å². The molecular weight excluding hydrogens is 168 g/mol. The maximum Gasteiger partial charge on any atom is 0.159 e. The molecule has 4 heterocycles. The van der Waals surface area contributed by atoms with Crippen LogP contribution in [0.25, 0.3) is 0 Å². The van der Waals surface area contributed by atoms with Gasteiger partial charge in [-0.25, -0.2) is 0 Å². The standard InChI is InChI=1S/C10H14O3/c1-9(2)8-6-3-10(8,5-11)4-7(12-6)13-9/h5-8H,3-4H2,1-2H3. The summed E-state index contributed by atoms with van der Waals surface area (Å²) in [5.41, 5.74) is -0.291. The van der Waals surface area contributed by atoms with E-state index in [1.54, 1.807) is 0 Å². The van der Waals surface area contributed by atoms with Gasteiger partial charge in [-0.05, 0) is 20.3 Å². The predicted molar refractivity (Wildman–Crippen MR) is 45.0 cm³/mol. The zero-order chi connectivity index (χ0) is 9.27. The Bertz CT molecular complexity index is 273. The van der Waals surface area contributed by atoms with Gasteiger partial charge in [-0.1, -0.05) is 0 Å². The second-order valence-corrected chi connectivity index (χ2v) is 5.06. The van der Waals surface area contributed by atoms with Crippen LogP contribution in [0.1, 0.15) is 26.7 Å². The van der Waals surface area contributed by atoms with Gasteiger partial charge in [0.2, 0.25) is 0 Å². The van der Waals surface area contributed by atoms with Crippen molar-refractivity contribution in [2.75, 3.05) is 0 Å². The van der Waals surface area contributed by atoms with E-state index in [2.05, 4.69) is 13.8 Å². The molecular formula is C10H14O3. The largest absolute Gasteiger partial charge is 0.349 e. The molecule has 1 saturated carbocycles. The van der Waals surface area contributed by atoms with Gasteiger partial charge in [0.25, 0.3) is 0 Å². The SMILES string of the molecule is CC1(C)OC2CC3(C=O)CC(O2)C31. The molecule has 5 fully saturated rings. The first kappa shape index (κ1) is 7.94. The second-order valence-electron chi connectivity index (χ2n) is 5.06. The van der Waals surface area contributed by atoms with Crippen LogP contribution < -0.4 is 0 Å². The van der Waals surface area contributed by atoms with Crippen molar-refractivity contribution in [2.45, 2.75) is 44.7 Å². The maximum absolute atomic E-state index is 11.1. The first-order valence-electron chi connectivity index (χ1n) is 4.87. The Balaban J connectivity index is 2.02. The summed E-state index contributed by atoms with van der Waals surface area (Å²) < 4.78 is 11.4. The quantitative estimate of drug-likeness (QED) is 0.570. The Morgan fingerprint density at radius 3 is 2.62 bits per heavy atom. The molecule has 0 amide bonds. The minimum Gasteiger partial charge on any atom is -0.349 e. The van der Waals surface area contributed by atoms with Crippen molar-refractivity contribution < 1.29 is 14.3 Å². The van der Waals surface area contributed by atoms with Gasteiger partial charge in [0.15, 0.2) is 6.29 Å². The highest BCUT2D eigenvalue weighted by molar-refractivity contribution is 5.64. The summed E-state index contributed by atoms with van der Waals surface area (Å²) in [6.45, 7) is 4.13. The molecule has 5 rings (SSSR count). The fourth-order valence-electron chi connectivity index (χ4n) is 3.51. The van der Waals surface area contributed by atoms with Crippen molar-refractivity contribution in [3.63, 3.8) is 0 Å². The highest BCUT2D eigenvalue weighted by atomic mass is 16.7. The first-order valence-corrected chi connectivity index (χ1v) is 4.87. The second kappa shape index (κ2) is 1.98. The Kier molecular flexibility index (Phi) is 1.21. The molecule has 3 heteroatoms. The van der Waals surface area contributed by atoms with Crippen molar-refractivity contribution in [3.8, 4) is 0 Å². The van der Waals surface area contributed by atoms with Crippen LogP contribution in [0.4, 0.5) is 0 Å². The Labute approximate surface area is 77.4 Å². The molecule has 4 aliphatic heterocycles. The molecule has 0 spiro atoms. The third-order valence-corrected chi connectivity index (χ3v) is 3.86. The lowest BCUT2D eigenvalue weighted by Crippen LogP contribution is -2.73. The van der Waals surface area contributed by atoms with Crippen LogP contribution in [0.2, 0.25) is 0 Å². The van der Waals surface area contributed by atoms with Gasteiger partial charge in [-0.15, -0.1) is 0 Å². The zero-order valence-electron chi connectivity index (χ0n) is 7.95. The molecule has 5 aliphatic rings. The highest BCUT2D eigenvalue weighted by Crippen LogP contribution is 2.63. The van der Waals surface area contributed by atoms with E-state index in [1.807, 2.05) is 0 Å². The lowest BCUT2D eigenvalue weighted by molar-refractivity contribution is -0.405. The average Bonchev–Trinajstić information content (AvgIpc) is 1.99. The van der Waals surface area contributed by atoms with E-state index >= 15 is 0 Å². The third-order valence-electron chi connectivity index (χ3n) is 3.86. The smallest absolute Gasteiger partial charge is 0.159 e. The van der Waals surface area contributed by atoms with Crippen molar-refractivity contribution in [1.82, 2.24) is 0 Å². The summed E-state index contributed by atoms with van der Waals surface area (Å²) in [6.07, 6.45) is 2.94. The molecule has 1 aliphatic carbocycles. The van der Waals surface area contributed by atoms with Crippen LogP contribution in [-0.4, -0.2) is 24.3 Å². The minimum atomic E-state index is -0.176. The van der Waals surface area contributed by atoms with Gasteiger partial charge >= 0.3 is 0 Å². The van der Waals surface area contributed by atoms with E-state index in [0.29, 0.717) is 0 Å². The van der Waals surface area contributed by atoms with Crippen LogP contribution in [0.3, 0.4) is 0 Å². The van der Waals surface area contributed by atoms with Gasteiger partial charge in [-0.3, -0.25) is 0 Å². The van der Waals surface area contributed by atoms with E-state index < -0.39 is 0 Å². The number of hydrogen-bond donors (Lipinski definition) is 0. The number of carbonyl (C=O) groups excluding carboxylic acids is 1. The highest BCUT2D eigenvalue weighted by Gasteiger charge is 2.69. The molecule has 0 aromatic carbocycles. The van der Waals surface area contributed by atoms with E-state index in [-0.39, 0.29) is 29.3 Å². The molecule has 0 aromatic heterocycles. The van der Waals surface area contributed by atoms with E-state index in [4.69, 9.17) is 9.47 Å². The van der Waals surface area contributed by atoms with Crippen molar-refractivity contribution in [1.29, 1.82) is 0 Å². The van der Waals surface area contributed by atoms with E-state index in [1.165, 1.54) is 0 Å². The summed E-state index contributed by atoms with van der Waals surface area (Å²) >= 11 is 0. The van der Waals surface area contributed by atoms with Crippen LogP contribution in [-0.2, 0) is 14.3 Å². The normalized spacial score (nSPS) is 55.7. The molecule has 0 radical (unpaired) electrons. The van der Waals surface area contributed by atoms with Crippen LogP contribution in [0, 0.1) is 11.3 Å². The fraction of sp³-hybridized carbons (Fsp3) is 0.900. The lowest BCUT2D eigenvalue weighted by atomic mass is 9.49. The molecule has 3 nitrogen and oxygen atoms in total. The first-order chi connectivity index (χ1) is 6.07. The average molecular weight is 182 g/mol. The number of fused-ring (bicyclic) bond motifs is 1. The summed E-state index contributed by atoms with van der Waals surface area (Å²) in [5, 5.41) is 0. The molecule has 4 saturated heterocycles. The molecule has 13 heavy (non-hydrogen) atoms. The summed E-state index contributed by atoms with van der Waals surface area (Å²) in [7, 11) is 0. The maximum atomic E-state index is 11.1. The molecule has 4 unspecified atom stereocenters. The summed E-state index contributed by atoms with van der Waals surface area (Å²) in [5.74, 6) is 0.280. The zero-order valence-corrected chi connectivity index (χ0v) is 7.95. The third kappa shape index (κ3) is 0.754. The van der Waals surface area contributed by atoms with Crippen LogP contribution in [0.5, 0.6) is 0 Å². The van der Waals surface area contributed by atoms with Crippen molar-refractivity contribution in [3.05, 3.63) is 0 Å². The number of ether oxygens (including phenoxy) is 2. The molecule has 0 aromatic rings. The van der Waals surface area contributed by atoms with Crippen LogP contribution >= 0.6 is 0 Å². The fourth-order valence-corrected chi connectivity index (χ4v) is 3.51. The predicted octanol–water partition coefficient (Wildman–Crippen LogP) is 1.12. The number of rotatable bonds is 1. The van der Waals surface area contributed by atoms with Gasteiger partial charge in [0.05, 0.1) is 11.7 Å². The number of carbonyl (C=O) groups is 1. The summed E-state index contributed by atoms with van der Waals surface area (Å²) in [4.78, 5) is 11.1. The molecule has 4 atom stereocenters. The number of aldehydes is 1. The van der Waals surface area contributed by atoms with Gasteiger partial charge in [-0.2, -0.15) is 0 Å². The van der Waals surface area contributed by atoms with Crippen molar-refractivity contribution in [2.24, 2.45) is 11.3 Å². The van der Waals surface area contributed by atoms with Gasteiger partial charge < -0.3 is 14.3 Å². The van der Waals surface area contributed by atoms with Gasteiger partial charge in [0, 0.05) is 17.8 Å². The molecule has 72 valence electrons. The Morgan fingerprint density at radius 1 is 1.38 bits per heavy atom. The van der Waals surface area contributed by atoms with E-state index in [0.717, 1.165) is 19.1 Å². The number of hydrogen-bond acceptors (Lipinski definition) is 3.